The van der Waals surface area contributed by atoms with E-state index < -0.39 is 0 Å². The summed E-state index contributed by atoms with van der Waals surface area (Å²) in [6.07, 6.45) is 5.89. The van der Waals surface area contributed by atoms with Crippen LogP contribution < -0.4 is 0 Å². The number of allylic oxidation sites excluding steroid dienone is 2. The molecule has 20 heavy (non-hydrogen) atoms. The number of unbranched alkanes of at least 4 members (excludes halogenated alkanes) is 1. The van der Waals surface area contributed by atoms with Gasteiger partial charge in [-0.15, -0.1) is 0 Å². The van der Waals surface area contributed by atoms with Gasteiger partial charge in [0.25, 0.3) is 0 Å². The van der Waals surface area contributed by atoms with Crippen molar-refractivity contribution in [1.29, 1.82) is 0 Å². The van der Waals surface area contributed by atoms with Crippen molar-refractivity contribution in [3.63, 3.8) is 0 Å². The van der Waals surface area contributed by atoms with Crippen molar-refractivity contribution in [3.8, 4) is 5.75 Å². The summed E-state index contributed by atoms with van der Waals surface area (Å²) in [5.74, 6) is 0.449. The van der Waals surface area contributed by atoms with Gasteiger partial charge >= 0.3 is 0 Å². The molecule has 0 atom stereocenters. The summed E-state index contributed by atoms with van der Waals surface area (Å²) in [6, 6.07) is 0. The molecule has 0 amide bonds. The minimum absolute atomic E-state index is 0.267. The molecule has 0 spiro atoms. The van der Waals surface area contributed by atoms with Crippen molar-refractivity contribution < 1.29 is 10.2 Å². The molecule has 1 aromatic carbocycles. The van der Waals surface area contributed by atoms with Crippen LogP contribution in [0.4, 0.5) is 0 Å². The zero-order valence-corrected chi connectivity index (χ0v) is 13.5. The normalized spacial score (nSPS) is 12.0. The Bertz CT molecular complexity index is 470. The van der Waals surface area contributed by atoms with Gasteiger partial charge in [0, 0.05) is 12.2 Å². The Balaban J connectivity index is 2.91. The van der Waals surface area contributed by atoms with Crippen LogP contribution in [-0.2, 0) is 6.42 Å². The maximum Gasteiger partial charge on any atom is 0.122 e. The summed E-state index contributed by atoms with van der Waals surface area (Å²) in [5.41, 5.74) is 7.04. The van der Waals surface area contributed by atoms with Gasteiger partial charge in [0.2, 0.25) is 0 Å². The fourth-order valence-corrected chi connectivity index (χ4v) is 2.51. The molecule has 2 heteroatoms. The highest BCUT2D eigenvalue weighted by molar-refractivity contribution is 5.54. The second kappa shape index (κ2) is 7.49. The van der Waals surface area contributed by atoms with Gasteiger partial charge in [0.15, 0.2) is 0 Å². The standard InChI is InChI=1S/C18H28O2/c1-12(8-6-7-11-19)9-10-17-15(4)13(2)14(3)16(5)18(17)20/h9,19-20H,6-8,10-11H2,1-5H3/b12-9+. The molecular formula is C18H28O2. The summed E-state index contributed by atoms with van der Waals surface area (Å²) < 4.78 is 0. The Morgan fingerprint density at radius 2 is 1.55 bits per heavy atom. The van der Waals surface area contributed by atoms with Crippen LogP contribution in [0.1, 0.15) is 54.0 Å². The zero-order chi connectivity index (χ0) is 15.3. The molecule has 2 nitrogen and oxygen atoms in total. The van der Waals surface area contributed by atoms with Crippen LogP contribution in [0.5, 0.6) is 5.75 Å². The molecule has 112 valence electrons. The zero-order valence-electron chi connectivity index (χ0n) is 13.5. The number of rotatable bonds is 6. The first-order chi connectivity index (χ1) is 9.40. The van der Waals surface area contributed by atoms with Gasteiger partial charge in [0.05, 0.1) is 0 Å². The summed E-state index contributed by atoms with van der Waals surface area (Å²) in [5, 5.41) is 19.1. The maximum atomic E-state index is 10.3. The van der Waals surface area contributed by atoms with Crippen molar-refractivity contribution in [3.05, 3.63) is 39.5 Å². The third-order valence-electron chi connectivity index (χ3n) is 4.42. The average molecular weight is 276 g/mol. The molecule has 0 aromatic heterocycles. The van der Waals surface area contributed by atoms with E-state index in [0.717, 1.165) is 36.8 Å². The van der Waals surface area contributed by atoms with Crippen molar-refractivity contribution in [1.82, 2.24) is 0 Å². The molecule has 0 fully saturated rings. The van der Waals surface area contributed by atoms with Gasteiger partial charge in [-0.05, 0) is 82.6 Å². The quantitative estimate of drug-likeness (QED) is 0.601. The second-order valence-electron chi connectivity index (χ2n) is 5.76. The van der Waals surface area contributed by atoms with E-state index in [1.807, 2.05) is 6.92 Å². The van der Waals surface area contributed by atoms with Gasteiger partial charge in [-0.3, -0.25) is 0 Å². The smallest absolute Gasteiger partial charge is 0.122 e. The summed E-state index contributed by atoms with van der Waals surface area (Å²) in [4.78, 5) is 0. The molecule has 0 bridgehead atoms. The molecule has 0 aliphatic rings. The van der Waals surface area contributed by atoms with Crippen molar-refractivity contribution in [2.24, 2.45) is 0 Å². The number of benzene rings is 1. The monoisotopic (exact) mass is 276 g/mol. The summed E-state index contributed by atoms with van der Waals surface area (Å²) in [7, 11) is 0. The van der Waals surface area contributed by atoms with Crippen LogP contribution in [0.25, 0.3) is 0 Å². The van der Waals surface area contributed by atoms with Crippen LogP contribution in [0.3, 0.4) is 0 Å². The molecule has 0 saturated heterocycles. The van der Waals surface area contributed by atoms with E-state index >= 15 is 0 Å². The molecule has 1 aromatic rings. The number of hydrogen-bond acceptors (Lipinski definition) is 2. The minimum atomic E-state index is 0.267. The highest BCUT2D eigenvalue weighted by Gasteiger charge is 2.13. The predicted octanol–water partition coefficient (Wildman–Crippen LogP) is 4.28. The molecule has 0 saturated carbocycles. The lowest BCUT2D eigenvalue weighted by Gasteiger charge is -2.16. The van der Waals surface area contributed by atoms with Crippen LogP contribution in [-0.4, -0.2) is 16.8 Å². The third kappa shape index (κ3) is 3.86. The minimum Gasteiger partial charge on any atom is -0.507 e. The van der Waals surface area contributed by atoms with Crippen LogP contribution in [0.2, 0.25) is 0 Å². The van der Waals surface area contributed by atoms with Crippen molar-refractivity contribution in [2.45, 2.75) is 60.3 Å². The SMILES string of the molecule is C/C(=C\Cc1c(C)c(C)c(C)c(C)c1O)CCCCO. The Labute approximate surface area is 123 Å². The molecule has 0 aliphatic heterocycles. The summed E-state index contributed by atoms with van der Waals surface area (Å²) in [6.45, 7) is 10.7. The van der Waals surface area contributed by atoms with E-state index in [2.05, 4.69) is 33.8 Å². The maximum absolute atomic E-state index is 10.3. The van der Waals surface area contributed by atoms with E-state index in [0.29, 0.717) is 5.75 Å². The van der Waals surface area contributed by atoms with Crippen LogP contribution in [0.15, 0.2) is 11.6 Å². The fraction of sp³-hybridized carbons (Fsp3) is 0.556. The number of aromatic hydroxyl groups is 1. The van der Waals surface area contributed by atoms with Gasteiger partial charge in [-0.25, -0.2) is 0 Å². The first-order valence-electron chi connectivity index (χ1n) is 7.44. The van der Waals surface area contributed by atoms with Gasteiger partial charge in [-0.1, -0.05) is 11.6 Å². The predicted molar refractivity (Wildman–Crippen MR) is 85.5 cm³/mol. The molecule has 0 aliphatic carbocycles. The van der Waals surface area contributed by atoms with Crippen molar-refractivity contribution in [2.75, 3.05) is 6.61 Å². The number of aliphatic hydroxyl groups excluding tert-OH is 1. The topological polar surface area (TPSA) is 40.5 Å². The molecule has 0 unspecified atom stereocenters. The Morgan fingerprint density at radius 3 is 2.15 bits per heavy atom. The van der Waals surface area contributed by atoms with Crippen LogP contribution in [0, 0.1) is 27.7 Å². The first-order valence-corrected chi connectivity index (χ1v) is 7.44. The highest BCUT2D eigenvalue weighted by atomic mass is 16.3. The van der Waals surface area contributed by atoms with E-state index in [1.54, 1.807) is 0 Å². The first kappa shape index (κ1) is 16.8. The number of phenolic OH excluding ortho intramolecular Hbond substituents is 1. The molecule has 0 radical (unpaired) electrons. The number of phenols is 1. The third-order valence-corrected chi connectivity index (χ3v) is 4.42. The number of aliphatic hydroxyl groups is 1. The van der Waals surface area contributed by atoms with Gasteiger partial charge < -0.3 is 10.2 Å². The lowest BCUT2D eigenvalue weighted by molar-refractivity contribution is 0.284. The molecule has 1 rings (SSSR count). The highest BCUT2D eigenvalue weighted by Crippen LogP contribution is 2.32. The van der Waals surface area contributed by atoms with E-state index in [-0.39, 0.29) is 6.61 Å². The Kier molecular flexibility index (Phi) is 6.28. The fourth-order valence-electron chi connectivity index (χ4n) is 2.51. The lowest BCUT2D eigenvalue weighted by Crippen LogP contribution is -1.99. The largest absolute Gasteiger partial charge is 0.507 e. The van der Waals surface area contributed by atoms with E-state index in [1.165, 1.54) is 22.3 Å². The molecule has 2 N–H and O–H groups in total. The van der Waals surface area contributed by atoms with Crippen molar-refractivity contribution >= 4 is 0 Å². The molecule has 0 heterocycles. The van der Waals surface area contributed by atoms with Crippen LogP contribution >= 0.6 is 0 Å². The Morgan fingerprint density at radius 1 is 0.950 bits per heavy atom. The average Bonchev–Trinajstić information content (AvgIpc) is 2.43. The molecular weight excluding hydrogens is 248 g/mol. The Hall–Kier alpha value is -1.28. The summed E-state index contributed by atoms with van der Waals surface area (Å²) >= 11 is 0. The van der Waals surface area contributed by atoms with E-state index in [9.17, 15) is 5.11 Å². The van der Waals surface area contributed by atoms with Gasteiger partial charge in [-0.2, -0.15) is 0 Å². The van der Waals surface area contributed by atoms with E-state index in [4.69, 9.17) is 5.11 Å². The lowest BCUT2D eigenvalue weighted by atomic mass is 9.91. The second-order valence-corrected chi connectivity index (χ2v) is 5.76. The number of hydrogen-bond donors (Lipinski definition) is 2. The van der Waals surface area contributed by atoms with Gasteiger partial charge in [0.1, 0.15) is 5.75 Å².